The second-order valence-electron chi connectivity index (χ2n) is 3.14. The summed E-state index contributed by atoms with van der Waals surface area (Å²) in [4.78, 5) is 27.7. The zero-order valence-corrected chi connectivity index (χ0v) is 9.52. The molecule has 7 heteroatoms. The number of nitrogens with zero attached hydrogens (tertiary/aromatic N) is 2. The Morgan fingerprint density at radius 2 is 2.25 bits per heavy atom. The number of nitro groups is 1. The average Bonchev–Trinajstić information content (AvgIpc) is 2.26. The van der Waals surface area contributed by atoms with Crippen molar-refractivity contribution in [3.63, 3.8) is 0 Å². The van der Waals surface area contributed by atoms with E-state index in [1.165, 1.54) is 12.1 Å². The third kappa shape index (κ3) is 1.81. The lowest BCUT2D eigenvalue weighted by Crippen LogP contribution is -2.06. The molecule has 0 aliphatic carbocycles. The molecule has 0 unspecified atom stereocenters. The summed E-state index contributed by atoms with van der Waals surface area (Å²) in [5.41, 5.74) is 1.15. The van der Waals surface area contributed by atoms with E-state index in [9.17, 15) is 14.9 Å². The molecule has 1 N–H and O–H groups in total. The molecule has 2 aromatic rings. The molecule has 0 bridgehead atoms. The van der Waals surface area contributed by atoms with E-state index in [1.807, 2.05) is 0 Å². The van der Waals surface area contributed by atoms with Crippen molar-refractivity contribution in [1.82, 2.24) is 9.97 Å². The van der Waals surface area contributed by atoms with Crippen LogP contribution in [0.15, 0.2) is 23.1 Å². The molecule has 16 heavy (non-hydrogen) atoms. The molecular weight excluding hydrogens is 278 g/mol. The number of H-pyrrole nitrogens is 1. The number of rotatable bonds is 2. The lowest BCUT2D eigenvalue weighted by Gasteiger charge is -2.02. The van der Waals surface area contributed by atoms with Crippen LogP contribution in [0.5, 0.6) is 0 Å². The van der Waals surface area contributed by atoms with Crippen LogP contribution in [0, 0.1) is 10.1 Å². The van der Waals surface area contributed by atoms with E-state index in [0.29, 0.717) is 21.9 Å². The van der Waals surface area contributed by atoms with Crippen LogP contribution in [0.1, 0.15) is 5.56 Å². The van der Waals surface area contributed by atoms with E-state index in [1.54, 1.807) is 0 Å². The second-order valence-corrected chi connectivity index (χ2v) is 3.70. The average molecular weight is 284 g/mol. The maximum atomic E-state index is 11.1. The molecule has 0 atom stereocenters. The molecule has 0 saturated carbocycles. The first-order valence-electron chi connectivity index (χ1n) is 4.34. The minimum absolute atomic E-state index is 0.0643. The van der Waals surface area contributed by atoms with Crippen molar-refractivity contribution >= 4 is 32.7 Å². The van der Waals surface area contributed by atoms with Gasteiger partial charge < -0.3 is 4.98 Å². The topological polar surface area (TPSA) is 88.9 Å². The summed E-state index contributed by atoms with van der Waals surface area (Å²) >= 11 is 3.23. The first-order chi connectivity index (χ1) is 7.61. The number of alkyl halides is 1. The van der Waals surface area contributed by atoms with Gasteiger partial charge in [0.2, 0.25) is 0 Å². The first-order valence-corrected chi connectivity index (χ1v) is 5.46. The molecule has 0 aliphatic rings. The van der Waals surface area contributed by atoms with Crippen molar-refractivity contribution < 1.29 is 4.92 Å². The van der Waals surface area contributed by atoms with E-state index in [-0.39, 0.29) is 11.2 Å². The van der Waals surface area contributed by atoms with Gasteiger partial charge in [0.1, 0.15) is 0 Å². The highest BCUT2D eigenvalue weighted by Crippen LogP contribution is 2.23. The van der Waals surface area contributed by atoms with Gasteiger partial charge in [-0.1, -0.05) is 15.9 Å². The number of halogens is 1. The number of hydrogen-bond acceptors (Lipinski definition) is 4. The molecule has 1 heterocycles. The molecule has 1 aromatic carbocycles. The van der Waals surface area contributed by atoms with Gasteiger partial charge in [-0.15, -0.1) is 0 Å². The van der Waals surface area contributed by atoms with Gasteiger partial charge >= 0.3 is 0 Å². The van der Waals surface area contributed by atoms with Crippen molar-refractivity contribution in [3.05, 3.63) is 44.4 Å². The van der Waals surface area contributed by atoms with E-state index >= 15 is 0 Å². The van der Waals surface area contributed by atoms with Gasteiger partial charge in [-0.2, -0.15) is 0 Å². The Bertz CT molecular complexity index is 623. The number of benzene rings is 1. The SMILES string of the molecule is O=c1cnc2c(CBr)cc([N+](=O)[O-])cc2[nH]1. The van der Waals surface area contributed by atoms with Gasteiger partial charge in [-0.25, -0.2) is 4.98 Å². The molecule has 0 spiro atoms. The van der Waals surface area contributed by atoms with Crippen LogP contribution in [0.25, 0.3) is 11.0 Å². The quantitative estimate of drug-likeness (QED) is 0.516. The Morgan fingerprint density at radius 1 is 1.50 bits per heavy atom. The highest BCUT2D eigenvalue weighted by Gasteiger charge is 2.12. The lowest BCUT2D eigenvalue weighted by atomic mass is 10.2. The van der Waals surface area contributed by atoms with Crippen molar-refractivity contribution in [1.29, 1.82) is 0 Å². The van der Waals surface area contributed by atoms with Gasteiger partial charge in [-0.3, -0.25) is 14.9 Å². The standard InChI is InChI=1S/C9H6BrN3O3/c10-3-5-1-6(13(15)16)2-7-9(5)11-4-8(14)12-7/h1-2,4H,3H2,(H,12,14). The normalized spacial score (nSPS) is 10.6. The molecule has 82 valence electrons. The van der Waals surface area contributed by atoms with Gasteiger partial charge in [0.15, 0.2) is 0 Å². The van der Waals surface area contributed by atoms with E-state index in [4.69, 9.17) is 0 Å². The van der Waals surface area contributed by atoms with E-state index in [0.717, 1.165) is 6.20 Å². The van der Waals surface area contributed by atoms with Crippen LogP contribution in [-0.2, 0) is 5.33 Å². The first kappa shape index (κ1) is 10.7. The van der Waals surface area contributed by atoms with Gasteiger partial charge in [0.25, 0.3) is 11.2 Å². The highest BCUT2D eigenvalue weighted by atomic mass is 79.9. The summed E-state index contributed by atoms with van der Waals surface area (Å²) < 4.78 is 0. The molecular formula is C9H6BrN3O3. The number of nitro benzene ring substituents is 1. The smallest absolute Gasteiger partial charge is 0.271 e. The summed E-state index contributed by atoms with van der Waals surface area (Å²) in [5.74, 6) is 0. The molecule has 0 fully saturated rings. The molecule has 0 aliphatic heterocycles. The van der Waals surface area contributed by atoms with Crippen LogP contribution < -0.4 is 5.56 Å². The Balaban J connectivity index is 2.83. The molecule has 1 aromatic heterocycles. The fourth-order valence-corrected chi connectivity index (χ4v) is 1.85. The summed E-state index contributed by atoms with van der Waals surface area (Å²) in [7, 11) is 0. The zero-order valence-electron chi connectivity index (χ0n) is 7.94. The van der Waals surface area contributed by atoms with Crippen molar-refractivity contribution in [2.24, 2.45) is 0 Å². The van der Waals surface area contributed by atoms with Crippen LogP contribution in [-0.4, -0.2) is 14.9 Å². The summed E-state index contributed by atoms with van der Waals surface area (Å²) in [5, 5.41) is 11.1. The zero-order chi connectivity index (χ0) is 11.7. The predicted octanol–water partition coefficient (Wildman–Crippen LogP) is 1.73. The number of aromatic nitrogens is 2. The molecule has 2 rings (SSSR count). The van der Waals surface area contributed by atoms with Gasteiger partial charge in [0, 0.05) is 17.5 Å². The van der Waals surface area contributed by atoms with E-state index < -0.39 is 4.92 Å². The van der Waals surface area contributed by atoms with Crippen molar-refractivity contribution in [2.75, 3.05) is 0 Å². The number of non-ortho nitro benzene ring substituents is 1. The number of aromatic amines is 1. The Hall–Kier alpha value is -1.76. The fourth-order valence-electron chi connectivity index (χ4n) is 1.42. The largest absolute Gasteiger partial charge is 0.319 e. The van der Waals surface area contributed by atoms with Gasteiger partial charge in [-0.05, 0) is 5.56 Å². The third-order valence-corrected chi connectivity index (χ3v) is 2.70. The molecule has 0 saturated heterocycles. The van der Waals surface area contributed by atoms with Crippen LogP contribution >= 0.6 is 15.9 Å². The summed E-state index contributed by atoms with van der Waals surface area (Å²) in [6.07, 6.45) is 1.15. The minimum atomic E-state index is -0.503. The van der Waals surface area contributed by atoms with E-state index in [2.05, 4.69) is 25.9 Å². The Morgan fingerprint density at radius 3 is 2.88 bits per heavy atom. The monoisotopic (exact) mass is 283 g/mol. The second kappa shape index (κ2) is 4.01. The fraction of sp³-hybridized carbons (Fsp3) is 0.111. The maximum absolute atomic E-state index is 11.1. The van der Waals surface area contributed by atoms with Crippen LogP contribution in [0.3, 0.4) is 0 Å². The summed E-state index contributed by atoms with van der Waals surface area (Å²) in [6, 6.07) is 2.73. The highest BCUT2D eigenvalue weighted by molar-refractivity contribution is 9.08. The van der Waals surface area contributed by atoms with Crippen molar-refractivity contribution in [3.8, 4) is 0 Å². The maximum Gasteiger partial charge on any atom is 0.271 e. The van der Waals surface area contributed by atoms with Crippen molar-refractivity contribution in [2.45, 2.75) is 5.33 Å². The molecule has 6 nitrogen and oxygen atoms in total. The lowest BCUT2D eigenvalue weighted by molar-refractivity contribution is -0.384. The molecule has 0 radical (unpaired) electrons. The number of hydrogen-bond donors (Lipinski definition) is 1. The predicted molar refractivity (Wildman–Crippen MR) is 61.6 cm³/mol. The number of fused-ring (bicyclic) bond motifs is 1. The van der Waals surface area contributed by atoms with Gasteiger partial charge in [0.05, 0.1) is 22.2 Å². The molecule has 0 amide bonds. The number of nitrogens with one attached hydrogen (secondary N) is 1. The minimum Gasteiger partial charge on any atom is -0.319 e. The third-order valence-electron chi connectivity index (χ3n) is 2.10. The Kier molecular flexibility index (Phi) is 2.69. The summed E-state index contributed by atoms with van der Waals surface area (Å²) in [6.45, 7) is 0. The van der Waals surface area contributed by atoms with Crippen LogP contribution in [0.2, 0.25) is 0 Å². The Labute approximate surface area is 97.6 Å². The van der Waals surface area contributed by atoms with Crippen LogP contribution in [0.4, 0.5) is 5.69 Å².